The minimum absolute atomic E-state index is 0.217. The topological polar surface area (TPSA) is 73.4 Å². The molecule has 0 unspecified atom stereocenters. The maximum absolute atomic E-state index is 10.8. The molecule has 0 fully saturated rings. The zero-order valence-corrected chi connectivity index (χ0v) is 7.87. The number of rotatable bonds is 3. The Balaban J connectivity index is 2.31. The largest absolute Gasteiger partial charge is 0.508 e. The summed E-state index contributed by atoms with van der Waals surface area (Å²) in [5.41, 5.74) is 0.833. The van der Waals surface area contributed by atoms with Crippen molar-refractivity contribution < 1.29 is 9.90 Å². The number of carbonyl (C=O) groups is 1. The fraction of sp³-hybridized carbons (Fsp3) is 0.222. The van der Waals surface area contributed by atoms with E-state index in [0.717, 1.165) is 5.69 Å². The monoisotopic (exact) mass is 195 g/mol. The van der Waals surface area contributed by atoms with Gasteiger partial charge in [0, 0.05) is 12.7 Å². The average molecular weight is 195 g/mol. The van der Waals surface area contributed by atoms with Gasteiger partial charge in [-0.25, -0.2) is 4.79 Å². The van der Waals surface area contributed by atoms with Crippen LogP contribution in [0.5, 0.6) is 5.75 Å². The highest BCUT2D eigenvalue weighted by Gasteiger charge is 1.94. The first-order valence-electron chi connectivity index (χ1n) is 4.21. The predicted molar refractivity (Wildman–Crippen MR) is 54.2 cm³/mol. The fourth-order valence-electron chi connectivity index (χ4n) is 0.894. The van der Waals surface area contributed by atoms with Crippen LogP contribution in [0.2, 0.25) is 0 Å². The number of phenols is 1. The minimum atomic E-state index is -0.240. The van der Waals surface area contributed by atoms with E-state index in [4.69, 9.17) is 5.11 Å². The van der Waals surface area contributed by atoms with Crippen LogP contribution in [-0.4, -0.2) is 24.9 Å². The number of anilines is 1. The Hall–Kier alpha value is -1.91. The Morgan fingerprint density at radius 3 is 2.57 bits per heavy atom. The molecule has 14 heavy (non-hydrogen) atoms. The van der Waals surface area contributed by atoms with E-state index in [9.17, 15) is 4.79 Å². The third-order valence-electron chi connectivity index (χ3n) is 1.64. The van der Waals surface area contributed by atoms with Crippen molar-refractivity contribution >= 4 is 11.7 Å². The normalized spacial score (nSPS) is 9.21. The van der Waals surface area contributed by atoms with Gasteiger partial charge in [0.1, 0.15) is 5.75 Å². The average Bonchev–Trinajstić information content (AvgIpc) is 2.21. The molecule has 1 rings (SSSR count). The molecule has 0 heterocycles. The van der Waals surface area contributed by atoms with Gasteiger partial charge in [-0.1, -0.05) is 0 Å². The molecule has 0 saturated heterocycles. The number of hydrogen-bond acceptors (Lipinski definition) is 3. The number of hydrogen-bond donors (Lipinski definition) is 4. The fourth-order valence-corrected chi connectivity index (χ4v) is 0.894. The van der Waals surface area contributed by atoms with Gasteiger partial charge in [0.25, 0.3) is 0 Å². The lowest BCUT2D eigenvalue weighted by Crippen LogP contribution is -2.36. The molecule has 0 radical (unpaired) electrons. The lowest BCUT2D eigenvalue weighted by molar-refractivity contribution is 0.243. The van der Waals surface area contributed by atoms with E-state index in [2.05, 4.69) is 16.0 Å². The van der Waals surface area contributed by atoms with E-state index in [0.29, 0.717) is 6.67 Å². The van der Waals surface area contributed by atoms with E-state index in [-0.39, 0.29) is 11.8 Å². The van der Waals surface area contributed by atoms with Crippen LogP contribution in [0.3, 0.4) is 0 Å². The summed E-state index contributed by atoms with van der Waals surface area (Å²) in [4.78, 5) is 10.8. The lowest BCUT2D eigenvalue weighted by atomic mass is 10.3. The number of aromatic hydroxyl groups is 1. The molecule has 0 atom stereocenters. The van der Waals surface area contributed by atoms with E-state index in [1.165, 1.54) is 0 Å². The molecule has 4 N–H and O–H groups in total. The second-order valence-corrected chi connectivity index (χ2v) is 2.66. The maximum atomic E-state index is 10.8. The molecular formula is C9H13N3O2. The third kappa shape index (κ3) is 3.22. The zero-order chi connectivity index (χ0) is 10.4. The van der Waals surface area contributed by atoms with Crippen molar-refractivity contribution in [2.45, 2.75) is 0 Å². The summed E-state index contributed by atoms with van der Waals surface area (Å²) in [5, 5.41) is 17.0. The Kier molecular flexibility index (Phi) is 3.60. The standard InChI is InChI=1S/C9H13N3O2/c1-10-9(14)12-6-11-7-2-4-8(13)5-3-7/h2-5,11,13H,6H2,1H3,(H2,10,12,14). The first-order valence-corrected chi connectivity index (χ1v) is 4.21. The van der Waals surface area contributed by atoms with Gasteiger partial charge < -0.3 is 21.1 Å². The van der Waals surface area contributed by atoms with Crippen LogP contribution in [0.4, 0.5) is 10.5 Å². The summed E-state index contributed by atoms with van der Waals surface area (Å²) >= 11 is 0. The summed E-state index contributed by atoms with van der Waals surface area (Å²) in [6.07, 6.45) is 0. The molecule has 0 saturated carbocycles. The number of carbonyl (C=O) groups excluding carboxylic acids is 1. The Morgan fingerprint density at radius 1 is 1.36 bits per heavy atom. The SMILES string of the molecule is CNC(=O)NCNc1ccc(O)cc1. The van der Waals surface area contributed by atoms with Crippen molar-refractivity contribution in [3.8, 4) is 5.75 Å². The van der Waals surface area contributed by atoms with E-state index in [1.54, 1.807) is 31.3 Å². The van der Waals surface area contributed by atoms with Gasteiger partial charge in [0.05, 0.1) is 6.67 Å². The number of nitrogens with one attached hydrogen (secondary N) is 3. The maximum Gasteiger partial charge on any atom is 0.315 e. The Labute approximate surface area is 82.1 Å². The van der Waals surface area contributed by atoms with Crippen molar-refractivity contribution in [1.29, 1.82) is 0 Å². The van der Waals surface area contributed by atoms with Crippen molar-refractivity contribution in [2.24, 2.45) is 0 Å². The molecule has 0 aromatic heterocycles. The highest BCUT2D eigenvalue weighted by molar-refractivity contribution is 5.73. The Bertz CT molecular complexity index is 297. The van der Waals surface area contributed by atoms with Crippen LogP contribution in [-0.2, 0) is 0 Å². The molecule has 2 amide bonds. The molecule has 1 aromatic carbocycles. The van der Waals surface area contributed by atoms with Crippen LogP contribution in [0.1, 0.15) is 0 Å². The summed E-state index contributed by atoms with van der Waals surface area (Å²) in [5.74, 6) is 0.217. The molecule has 0 aliphatic carbocycles. The van der Waals surface area contributed by atoms with Crippen LogP contribution in [0.15, 0.2) is 24.3 Å². The van der Waals surface area contributed by atoms with Crippen LogP contribution in [0.25, 0.3) is 0 Å². The summed E-state index contributed by atoms with van der Waals surface area (Å²) < 4.78 is 0. The van der Waals surface area contributed by atoms with Crippen LogP contribution in [0, 0.1) is 0 Å². The van der Waals surface area contributed by atoms with Gasteiger partial charge in [-0.15, -0.1) is 0 Å². The number of phenolic OH excluding ortho intramolecular Hbond substituents is 1. The number of urea groups is 1. The molecular weight excluding hydrogens is 182 g/mol. The number of amides is 2. The predicted octanol–water partition coefficient (Wildman–Crippen LogP) is 0.691. The summed E-state index contributed by atoms with van der Waals surface area (Å²) in [6, 6.07) is 6.35. The van der Waals surface area contributed by atoms with Gasteiger partial charge in [0.2, 0.25) is 0 Å². The van der Waals surface area contributed by atoms with Crippen LogP contribution >= 0.6 is 0 Å². The van der Waals surface area contributed by atoms with Gasteiger partial charge in [-0.3, -0.25) is 0 Å². The molecule has 0 bridgehead atoms. The van der Waals surface area contributed by atoms with Crippen molar-refractivity contribution in [1.82, 2.24) is 10.6 Å². The Morgan fingerprint density at radius 2 is 2.00 bits per heavy atom. The van der Waals surface area contributed by atoms with Crippen molar-refractivity contribution in [3.05, 3.63) is 24.3 Å². The van der Waals surface area contributed by atoms with Crippen molar-refractivity contribution in [3.63, 3.8) is 0 Å². The quantitative estimate of drug-likeness (QED) is 0.423. The smallest absolute Gasteiger partial charge is 0.315 e. The first kappa shape index (κ1) is 10.2. The van der Waals surface area contributed by atoms with E-state index in [1.807, 2.05) is 0 Å². The third-order valence-corrected chi connectivity index (χ3v) is 1.64. The summed E-state index contributed by atoms with van der Waals surface area (Å²) in [7, 11) is 1.55. The molecule has 5 heteroatoms. The lowest BCUT2D eigenvalue weighted by Gasteiger charge is -2.07. The number of benzene rings is 1. The first-order chi connectivity index (χ1) is 6.72. The van der Waals surface area contributed by atoms with Crippen LogP contribution < -0.4 is 16.0 Å². The molecule has 0 spiro atoms. The molecule has 76 valence electrons. The van der Waals surface area contributed by atoms with E-state index < -0.39 is 0 Å². The van der Waals surface area contributed by atoms with Gasteiger partial charge in [-0.05, 0) is 24.3 Å². The summed E-state index contributed by atoms with van der Waals surface area (Å²) in [6.45, 7) is 0.338. The van der Waals surface area contributed by atoms with Gasteiger partial charge in [0.15, 0.2) is 0 Å². The molecule has 1 aromatic rings. The van der Waals surface area contributed by atoms with Crippen molar-refractivity contribution in [2.75, 3.05) is 19.0 Å². The minimum Gasteiger partial charge on any atom is -0.508 e. The highest BCUT2D eigenvalue weighted by atomic mass is 16.3. The highest BCUT2D eigenvalue weighted by Crippen LogP contribution is 2.12. The molecule has 0 aliphatic heterocycles. The van der Waals surface area contributed by atoms with E-state index >= 15 is 0 Å². The molecule has 5 nitrogen and oxygen atoms in total. The zero-order valence-electron chi connectivity index (χ0n) is 7.87. The molecule has 0 aliphatic rings. The van der Waals surface area contributed by atoms with Gasteiger partial charge in [-0.2, -0.15) is 0 Å². The second-order valence-electron chi connectivity index (χ2n) is 2.66. The van der Waals surface area contributed by atoms with Gasteiger partial charge >= 0.3 is 6.03 Å². The second kappa shape index (κ2) is 4.96.